The van der Waals surface area contributed by atoms with Gasteiger partial charge in [0.05, 0.1) is 9.79 Å². The fraction of sp³-hybridized carbons (Fsp3) is 0.333. The fourth-order valence-corrected chi connectivity index (χ4v) is 5.02. The van der Waals surface area contributed by atoms with E-state index in [2.05, 4.69) is 10.6 Å². The van der Waals surface area contributed by atoms with Crippen LogP contribution in [-0.4, -0.2) is 27.5 Å². The molecule has 0 radical (unpaired) electrons. The van der Waals surface area contributed by atoms with Crippen molar-refractivity contribution in [1.29, 1.82) is 0 Å². The molecule has 4 rings (SSSR count). The molecule has 4 nitrogen and oxygen atoms in total. The molecular weight excluding hydrogens is 346 g/mol. The third-order valence-electron chi connectivity index (χ3n) is 5.03. The highest BCUT2D eigenvalue weighted by atomic mass is 32.2. The highest BCUT2D eigenvalue weighted by molar-refractivity contribution is 7.91. The van der Waals surface area contributed by atoms with E-state index in [4.69, 9.17) is 0 Å². The summed E-state index contributed by atoms with van der Waals surface area (Å²) in [7, 11) is -3.90. The number of halogens is 2. The van der Waals surface area contributed by atoms with Crippen LogP contribution in [0.5, 0.6) is 0 Å². The van der Waals surface area contributed by atoms with Crippen molar-refractivity contribution in [3.05, 3.63) is 53.6 Å². The molecule has 25 heavy (non-hydrogen) atoms. The molecule has 0 bridgehead atoms. The number of anilines is 1. The van der Waals surface area contributed by atoms with Gasteiger partial charge in [-0.15, -0.1) is 0 Å². The van der Waals surface area contributed by atoms with Gasteiger partial charge in [-0.25, -0.2) is 17.2 Å². The van der Waals surface area contributed by atoms with Crippen LogP contribution < -0.4 is 10.6 Å². The first-order valence-electron chi connectivity index (χ1n) is 8.28. The van der Waals surface area contributed by atoms with Crippen LogP contribution in [0, 0.1) is 11.6 Å². The van der Waals surface area contributed by atoms with Crippen molar-refractivity contribution in [3.8, 4) is 0 Å². The molecule has 2 N–H and O–H groups in total. The standard InChI is InChI=1S/C18H18F2N2O2S/c19-15-3-1-12(10-16(15)20)25(23,24)11-2-4-17-14(9-11)13-5-7-21-8-6-18(13)22-17/h1-4,9-10,13,18,21-22H,5-8H2/t13-,18-/m1/s1. The lowest BCUT2D eigenvalue weighted by Crippen LogP contribution is -2.21. The summed E-state index contributed by atoms with van der Waals surface area (Å²) >= 11 is 0. The van der Waals surface area contributed by atoms with Crippen LogP contribution in [-0.2, 0) is 9.84 Å². The highest BCUT2D eigenvalue weighted by Gasteiger charge is 2.34. The quantitative estimate of drug-likeness (QED) is 0.804. The van der Waals surface area contributed by atoms with Crippen molar-refractivity contribution in [2.45, 2.75) is 34.6 Å². The summed E-state index contributed by atoms with van der Waals surface area (Å²) in [5.41, 5.74) is 1.94. The zero-order valence-corrected chi connectivity index (χ0v) is 14.2. The molecule has 2 aromatic carbocycles. The van der Waals surface area contributed by atoms with Crippen LogP contribution in [0.25, 0.3) is 0 Å². The minimum atomic E-state index is -3.90. The van der Waals surface area contributed by atoms with Crippen LogP contribution >= 0.6 is 0 Å². The molecule has 2 aromatic rings. The number of benzene rings is 2. The molecule has 0 saturated carbocycles. The summed E-state index contributed by atoms with van der Waals surface area (Å²) in [6.07, 6.45) is 1.91. The van der Waals surface area contributed by atoms with Gasteiger partial charge in [-0.3, -0.25) is 0 Å². The second-order valence-electron chi connectivity index (χ2n) is 6.51. The molecule has 0 amide bonds. The van der Waals surface area contributed by atoms with E-state index in [1.54, 1.807) is 12.1 Å². The Hall–Kier alpha value is -1.99. The summed E-state index contributed by atoms with van der Waals surface area (Å²) in [6, 6.07) is 7.92. The largest absolute Gasteiger partial charge is 0.381 e. The fourth-order valence-electron chi connectivity index (χ4n) is 3.71. The van der Waals surface area contributed by atoms with Gasteiger partial charge in [0.1, 0.15) is 0 Å². The van der Waals surface area contributed by atoms with Gasteiger partial charge in [0.25, 0.3) is 0 Å². The van der Waals surface area contributed by atoms with Crippen molar-refractivity contribution in [2.24, 2.45) is 0 Å². The molecular formula is C18H18F2N2O2S. The van der Waals surface area contributed by atoms with Gasteiger partial charge in [-0.1, -0.05) is 0 Å². The van der Waals surface area contributed by atoms with Crippen LogP contribution in [0.15, 0.2) is 46.2 Å². The Morgan fingerprint density at radius 3 is 2.44 bits per heavy atom. The minimum absolute atomic E-state index is 0.108. The maximum absolute atomic E-state index is 13.5. The second-order valence-corrected chi connectivity index (χ2v) is 8.46. The molecule has 1 saturated heterocycles. The Bertz CT molecular complexity index is 931. The predicted molar refractivity (Wildman–Crippen MR) is 90.5 cm³/mol. The molecule has 7 heteroatoms. The lowest BCUT2D eigenvalue weighted by Gasteiger charge is -2.16. The van der Waals surface area contributed by atoms with Crippen molar-refractivity contribution in [1.82, 2.24) is 5.32 Å². The Morgan fingerprint density at radius 1 is 0.920 bits per heavy atom. The maximum atomic E-state index is 13.5. The van der Waals surface area contributed by atoms with Gasteiger partial charge in [0.15, 0.2) is 11.6 Å². The Kier molecular flexibility index (Phi) is 4.00. The number of nitrogens with one attached hydrogen (secondary N) is 2. The first kappa shape index (κ1) is 16.5. The van der Waals surface area contributed by atoms with Gasteiger partial charge in [-0.2, -0.15) is 0 Å². The predicted octanol–water partition coefficient (Wildman–Crippen LogP) is 3.06. The van der Waals surface area contributed by atoms with Crippen LogP contribution in [0.3, 0.4) is 0 Å². The SMILES string of the molecule is O=S(=O)(c1ccc(F)c(F)c1)c1ccc2c(c1)[C@H]1CCNCC[C@H]1N2. The average molecular weight is 364 g/mol. The zero-order chi connectivity index (χ0) is 17.6. The molecule has 0 spiro atoms. The summed E-state index contributed by atoms with van der Waals surface area (Å²) in [5.74, 6) is -1.98. The van der Waals surface area contributed by atoms with Crippen molar-refractivity contribution >= 4 is 15.5 Å². The lowest BCUT2D eigenvalue weighted by atomic mass is 9.91. The average Bonchev–Trinajstić information content (AvgIpc) is 2.77. The van der Waals surface area contributed by atoms with Gasteiger partial charge in [0.2, 0.25) is 9.84 Å². The number of sulfone groups is 1. The number of rotatable bonds is 2. The van der Waals surface area contributed by atoms with E-state index >= 15 is 0 Å². The van der Waals surface area contributed by atoms with Gasteiger partial charge < -0.3 is 10.6 Å². The van der Waals surface area contributed by atoms with Crippen molar-refractivity contribution in [2.75, 3.05) is 18.4 Å². The summed E-state index contributed by atoms with van der Waals surface area (Å²) in [4.78, 5) is -0.131. The second kappa shape index (κ2) is 6.07. The summed E-state index contributed by atoms with van der Waals surface area (Å²) < 4.78 is 52.2. The van der Waals surface area contributed by atoms with E-state index in [1.165, 1.54) is 6.07 Å². The first-order valence-corrected chi connectivity index (χ1v) is 9.76. The number of fused-ring (bicyclic) bond motifs is 3. The minimum Gasteiger partial charge on any atom is -0.381 e. The van der Waals surface area contributed by atoms with E-state index in [-0.39, 0.29) is 15.7 Å². The van der Waals surface area contributed by atoms with Crippen LogP contribution in [0.2, 0.25) is 0 Å². The van der Waals surface area contributed by atoms with Crippen LogP contribution in [0.4, 0.5) is 14.5 Å². The van der Waals surface area contributed by atoms with E-state index in [1.807, 2.05) is 0 Å². The molecule has 132 valence electrons. The van der Waals surface area contributed by atoms with Crippen LogP contribution in [0.1, 0.15) is 24.3 Å². The van der Waals surface area contributed by atoms with Gasteiger partial charge >= 0.3 is 0 Å². The van der Waals surface area contributed by atoms with E-state index in [9.17, 15) is 17.2 Å². The smallest absolute Gasteiger partial charge is 0.206 e. The first-order chi connectivity index (χ1) is 12.0. The van der Waals surface area contributed by atoms with E-state index < -0.39 is 21.5 Å². The lowest BCUT2D eigenvalue weighted by molar-refractivity contribution is 0.504. The Morgan fingerprint density at radius 2 is 1.64 bits per heavy atom. The number of hydrogen-bond donors (Lipinski definition) is 2. The molecule has 0 aliphatic carbocycles. The van der Waals surface area contributed by atoms with Crippen molar-refractivity contribution < 1.29 is 17.2 Å². The highest BCUT2D eigenvalue weighted by Crippen LogP contribution is 2.41. The molecule has 2 heterocycles. The van der Waals surface area contributed by atoms with Gasteiger partial charge in [0, 0.05) is 17.6 Å². The van der Waals surface area contributed by atoms with Crippen molar-refractivity contribution in [3.63, 3.8) is 0 Å². The molecule has 2 atom stereocenters. The number of hydrogen-bond acceptors (Lipinski definition) is 4. The Labute approximate surface area is 145 Å². The third-order valence-corrected chi connectivity index (χ3v) is 6.77. The third kappa shape index (κ3) is 2.81. The normalized spacial score (nSPS) is 22.6. The Balaban J connectivity index is 1.75. The zero-order valence-electron chi connectivity index (χ0n) is 13.4. The van der Waals surface area contributed by atoms with Gasteiger partial charge in [-0.05, 0) is 67.9 Å². The van der Waals surface area contributed by atoms with E-state index in [0.29, 0.717) is 6.04 Å². The van der Waals surface area contributed by atoms with E-state index in [0.717, 1.165) is 55.4 Å². The monoisotopic (exact) mass is 364 g/mol. The summed E-state index contributed by atoms with van der Waals surface area (Å²) in [5, 5.41) is 6.82. The maximum Gasteiger partial charge on any atom is 0.206 e. The topological polar surface area (TPSA) is 58.2 Å². The molecule has 0 aromatic heterocycles. The molecule has 2 aliphatic heterocycles. The molecule has 2 aliphatic rings. The molecule has 1 fully saturated rings. The molecule has 0 unspecified atom stereocenters. The summed E-state index contributed by atoms with van der Waals surface area (Å²) in [6.45, 7) is 1.82.